The van der Waals surface area contributed by atoms with Crippen LogP contribution in [0.4, 0.5) is 0 Å². The standard InChI is InChI=1S/C21H25N/c1-21(2,3)15-8-5-9-16-22(4)17-19-13-10-12-18-11-6-7-14-20(18)19/h5-7,9-14H,16-17H2,1-4H3/i5D,16D2,17D2. The van der Waals surface area contributed by atoms with E-state index in [1.165, 1.54) is 7.05 Å². The van der Waals surface area contributed by atoms with Crippen LogP contribution in [0.5, 0.6) is 0 Å². The van der Waals surface area contributed by atoms with E-state index in [-0.39, 0.29) is 11.5 Å². The van der Waals surface area contributed by atoms with Crippen molar-refractivity contribution in [2.24, 2.45) is 5.41 Å². The maximum absolute atomic E-state index is 8.58. The average Bonchev–Trinajstić information content (AvgIpc) is 2.57. The highest BCUT2D eigenvalue weighted by molar-refractivity contribution is 5.85. The summed E-state index contributed by atoms with van der Waals surface area (Å²) in [5.41, 5.74) is 0.0868. The summed E-state index contributed by atoms with van der Waals surface area (Å²) in [7, 11) is 1.38. The smallest absolute Gasteiger partial charge is 0.0717 e. The second-order valence-corrected chi connectivity index (χ2v) is 6.12. The molecule has 0 unspecified atom stereocenters. The summed E-state index contributed by atoms with van der Waals surface area (Å²) >= 11 is 0. The molecule has 0 aliphatic carbocycles. The van der Waals surface area contributed by atoms with E-state index < -0.39 is 13.0 Å². The van der Waals surface area contributed by atoms with Crippen LogP contribution in [0.25, 0.3) is 10.8 Å². The van der Waals surface area contributed by atoms with Crippen LogP contribution in [-0.2, 0) is 6.50 Å². The van der Waals surface area contributed by atoms with E-state index in [4.69, 9.17) is 6.85 Å². The molecule has 114 valence electrons. The Balaban J connectivity index is 2.43. The Morgan fingerprint density at radius 2 is 1.91 bits per heavy atom. The van der Waals surface area contributed by atoms with Crippen LogP contribution >= 0.6 is 0 Å². The summed E-state index contributed by atoms with van der Waals surface area (Å²) in [5, 5.41) is 1.62. The molecule has 0 saturated carbocycles. The predicted molar refractivity (Wildman–Crippen MR) is 96.7 cm³/mol. The molecule has 0 fully saturated rings. The van der Waals surface area contributed by atoms with Gasteiger partial charge in [-0.05, 0) is 50.2 Å². The molecule has 2 aromatic carbocycles. The third kappa shape index (κ3) is 5.06. The molecule has 0 spiro atoms. The number of hydrogen-bond donors (Lipinski definition) is 0. The molecule has 22 heavy (non-hydrogen) atoms. The summed E-state index contributed by atoms with van der Waals surface area (Å²) in [5.74, 6) is 5.54. The lowest BCUT2D eigenvalue weighted by atomic mass is 9.98. The van der Waals surface area contributed by atoms with Gasteiger partial charge in [-0.25, -0.2) is 0 Å². The van der Waals surface area contributed by atoms with Crippen LogP contribution in [0, 0.1) is 17.3 Å². The molecule has 0 bridgehead atoms. The van der Waals surface area contributed by atoms with Crippen molar-refractivity contribution in [3.63, 3.8) is 0 Å². The second kappa shape index (κ2) is 7.29. The topological polar surface area (TPSA) is 3.24 Å². The minimum atomic E-state index is -2.19. The summed E-state index contributed by atoms with van der Waals surface area (Å²) < 4.78 is 41.7. The van der Waals surface area contributed by atoms with Crippen molar-refractivity contribution in [2.45, 2.75) is 27.3 Å². The van der Waals surface area contributed by atoms with Crippen molar-refractivity contribution in [1.82, 2.24) is 4.90 Å². The van der Waals surface area contributed by atoms with E-state index in [1.807, 2.05) is 51.1 Å². The molecule has 1 nitrogen and oxygen atoms in total. The van der Waals surface area contributed by atoms with Gasteiger partial charge in [0, 0.05) is 23.9 Å². The van der Waals surface area contributed by atoms with Crippen LogP contribution in [0.1, 0.15) is 33.2 Å². The van der Waals surface area contributed by atoms with Gasteiger partial charge in [-0.2, -0.15) is 0 Å². The number of likely N-dealkylation sites (N-methyl/N-ethyl adjacent to an activating group) is 1. The van der Waals surface area contributed by atoms with Gasteiger partial charge in [0.2, 0.25) is 0 Å². The van der Waals surface area contributed by atoms with E-state index in [1.54, 1.807) is 12.1 Å². The molecule has 0 saturated heterocycles. The zero-order chi connectivity index (χ0) is 20.5. The van der Waals surface area contributed by atoms with Crippen molar-refractivity contribution >= 4 is 10.8 Å². The minimum absolute atomic E-state index is 0.171. The Morgan fingerprint density at radius 1 is 1.18 bits per heavy atom. The first-order valence-corrected chi connectivity index (χ1v) is 7.29. The number of hydrogen-bond acceptors (Lipinski definition) is 1. The maximum atomic E-state index is 8.58. The Labute approximate surface area is 141 Å². The molecule has 0 amide bonds. The van der Waals surface area contributed by atoms with Gasteiger partial charge < -0.3 is 0 Å². The molecule has 1 heteroatoms. The lowest BCUT2D eigenvalue weighted by Crippen LogP contribution is -2.17. The van der Waals surface area contributed by atoms with Crippen molar-refractivity contribution in [1.29, 1.82) is 0 Å². The number of allylic oxidation sites excluding steroid dienone is 1. The van der Waals surface area contributed by atoms with Crippen molar-refractivity contribution < 1.29 is 6.85 Å². The molecule has 2 rings (SSSR count). The molecule has 0 atom stereocenters. The van der Waals surface area contributed by atoms with Gasteiger partial charge in [-0.1, -0.05) is 60.4 Å². The van der Waals surface area contributed by atoms with Gasteiger partial charge >= 0.3 is 0 Å². The SMILES string of the molecule is [2H]C(C#CC(C)(C)C)=CC([2H])([2H])N(C)C([2H])([2H])c1cccc2ccccc12. The molecular weight excluding hydrogens is 266 g/mol. The highest BCUT2D eigenvalue weighted by atomic mass is 15.1. The second-order valence-electron chi connectivity index (χ2n) is 6.12. The van der Waals surface area contributed by atoms with E-state index in [2.05, 4.69) is 11.8 Å². The van der Waals surface area contributed by atoms with E-state index in [0.717, 1.165) is 21.7 Å². The van der Waals surface area contributed by atoms with Crippen molar-refractivity contribution in [3.8, 4) is 11.8 Å². The van der Waals surface area contributed by atoms with Gasteiger partial charge in [-0.15, -0.1) is 0 Å². The number of benzene rings is 2. The summed E-state index contributed by atoms with van der Waals surface area (Å²) in [6, 6.07) is 12.6. The zero-order valence-corrected chi connectivity index (χ0v) is 13.6. The fourth-order valence-corrected chi connectivity index (χ4v) is 1.92. The predicted octanol–water partition coefficient (Wildman–Crippen LogP) is 4.88. The fraction of sp³-hybridized carbons (Fsp3) is 0.333. The molecule has 0 aliphatic heterocycles. The summed E-state index contributed by atoms with van der Waals surface area (Å²) in [4.78, 5) is 0.995. The van der Waals surface area contributed by atoms with Crippen LogP contribution in [0.2, 0.25) is 0 Å². The third-order valence-electron chi connectivity index (χ3n) is 2.92. The van der Waals surface area contributed by atoms with Gasteiger partial charge in [0.05, 0.1) is 1.37 Å². The Kier molecular flexibility index (Phi) is 3.53. The van der Waals surface area contributed by atoms with Crippen LogP contribution < -0.4 is 0 Å². The molecule has 0 radical (unpaired) electrons. The number of rotatable bonds is 4. The van der Waals surface area contributed by atoms with Crippen molar-refractivity contribution in [3.05, 3.63) is 60.2 Å². The molecule has 0 aliphatic rings. The summed E-state index contributed by atoms with van der Waals surface area (Å²) in [6.07, 6.45) is 1.05. The van der Waals surface area contributed by atoms with Crippen molar-refractivity contribution in [2.75, 3.05) is 13.5 Å². The lowest BCUT2D eigenvalue weighted by molar-refractivity contribution is 0.365. The van der Waals surface area contributed by atoms with Crippen LogP contribution in [0.15, 0.2) is 54.6 Å². The monoisotopic (exact) mass is 296 g/mol. The maximum Gasteiger partial charge on any atom is 0.0717 e. The molecule has 2 aromatic rings. The van der Waals surface area contributed by atoms with E-state index >= 15 is 0 Å². The molecular formula is C21H25N. The highest BCUT2D eigenvalue weighted by Crippen LogP contribution is 2.19. The number of fused-ring (bicyclic) bond motifs is 1. The Bertz CT molecular complexity index is 908. The van der Waals surface area contributed by atoms with Gasteiger partial charge in [0.15, 0.2) is 0 Å². The molecule has 0 aromatic heterocycles. The molecule has 0 N–H and O–H groups in total. The van der Waals surface area contributed by atoms with Crippen LogP contribution in [-0.4, -0.2) is 18.4 Å². The highest BCUT2D eigenvalue weighted by Gasteiger charge is 2.03. The number of nitrogens with zero attached hydrogens (tertiary/aromatic N) is 1. The quantitative estimate of drug-likeness (QED) is 0.727. The minimum Gasteiger partial charge on any atom is -0.298 e. The first-order chi connectivity index (χ1) is 12.3. The normalized spacial score (nSPS) is 17.0. The fourth-order valence-electron chi connectivity index (χ4n) is 1.92. The Morgan fingerprint density at radius 3 is 2.68 bits per heavy atom. The molecule has 0 heterocycles. The summed E-state index contributed by atoms with van der Waals surface area (Å²) in [6.45, 7) is 1.45. The first kappa shape index (κ1) is 10.6. The van der Waals surface area contributed by atoms with Crippen LogP contribution in [0.3, 0.4) is 0 Å². The first-order valence-electron chi connectivity index (χ1n) is 9.79. The van der Waals surface area contributed by atoms with Gasteiger partial charge in [0.1, 0.15) is 0 Å². The van der Waals surface area contributed by atoms with Gasteiger partial charge in [0.25, 0.3) is 0 Å². The van der Waals surface area contributed by atoms with E-state index in [9.17, 15) is 0 Å². The average molecular weight is 296 g/mol. The largest absolute Gasteiger partial charge is 0.298 e. The third-order valence-corrected chi connectivity index (χ3v) is 2.92. The van der Waals surface area contributed by atoms with Gasteiger partial charge in [-0.3, -0.25) is 4.90 Å². The zero-order valence-electron chi connectivity index (χ0n) is 18.6. The lowest BCUT2D eigenvalue weighted by Gasteiger charge is -2.15. The van der Waals surface area contributed by atoms with E-state index in [0.29, 0.717) is 5.56 Å². The Hall–Kier alpha value is -2.04.